The molecule has 2 rings (SSSR count). The van der Waals surface area contributed by atoms with E-state index in [1.807, 2.05) is 49.3 Å². The van der Waals surface area contributed by atoms with E-state index in [4.69, 9.17) is 12.8 Å². The molecule has 248 valence electrons. The summed E-state index contributed by atoms with van der Waals surface area (Å²) in [6.07, 6.45) is 15.7. The summed E-state index contributed by atoms with van der Waals surface area (Å²) in [5.74, 6) is 3.58. The second-order valence-electron chi connectivity index (χ2n) is 12.7. The van der Waals surface area contributed by atoms with E-state index in [1.54, 1.807) is 11.9 Å². The third kappa shape index (κ3) is 14.1. The molecule has 1 aliphatic carbocycles. The van der Waals surface area contributed by atoms with E-state index in [0.717, 1.165) is 31.2 Å². The maximum atomic E-state index is 13.8. The van der Waals surface area contributed by atoms with Crippen LogP contribution >= 0.6 is 0 Å². The van der Waals surface area contributed by atoms with E-state index in [-0.39, 0.29) is 31.6 Å². The molecule has 1 fully saturated rings. The highest BCUT2D eigenvalue weighted by Crippen LogP contribution is 2.29. The molecule has 3 unspecified atom stereocenters. The summed E-state index contributed by atoms with van der Waals surface area (Å²) in [5.41, 5.74) is 0.905. The standard InChI is InChI=1S/C36H54N4O5/c1-6-8-20-30(36(45)38-31(25-28-18-14-11-15-19-28)34(43)32(41)21-9-7-2)37-35(44)29(24-27-16-12-10-13-17-27)26-33(42)40(5)23-22-39(3)4/h1-2,10,12-13,16-17,28-32,34,41,43H,8-9,11,14-15,18-26H2,3-5H3,(H,37,44)(H,38,45)/t29?,30-,31?,32?,34+/m0/s1. The summed E-state index contributed by atoms with van der Waals surface area (Å²) >= 11 is 0. The van der Waals surface area contributed by atoms with Crippen LogP contribution < -0.4 is 10.6 Å². The Labute approximate surface area is 270 Å². The Morgan fingerprint density at radius 2 is 1.56 bits per heavy atom. The van der Waals surface area contributed by atoms with Gasteiger partial charge < -0.3 is 30.6 Å². The van der Waals surface area contributed by atoms with Crippen molar-refractivity contribution in [1.29, 1.82) is 0 Å². The van der Waals surface area contributed by atoms with Gasteiger partial charge in [0.1, 0.15) is 12.1 Å². The van der Waals surface area contributed by atoms with Gasteiger partial charge in [-0.05, 0) is 51.3 Å². The number of terminal acetylenes is 2. The van der Waals surface area contributed by atoms with Gasteiger partial charge in [0.25, 0.3) is 0 Å². The van der Waals surface area contributed by atoms with Gasteiger partial charge in [-0.1, -0.05) is 62.4 Å². The van der Waals surface area contributed by atoms with Gasteiger partial charge in [0.2, 0.25) is 17.7 Å². The quantitative estimate of drug-likeness (QED) is 0.176. The van der Waals surface area contributed by atoms with Gasteiger partial charge in [0, 0.05) is 39.4 Å². The van der Waals surface area contributed by atoms with Gasteiger partial charge in [0.15, 0.2) is 0 Å². The minimum absolute atomic E-state index is 0.0154. The number of nitrogens with one attached hydrogen (secondary N) is 2. The lowest BCUT2D eigenvalue weighted by atomic mass is 9.82. The lowest BCUT2D eigenvalue weighted by molar-refractivity contribution is -0.137. The summed E-state index contributed by atoms with van der Waals surface area (Å²) in [6, 6.07) is 7.78. The molecule has 1 aromatic rings. The van der Waals surface area contributed by atoms with Crippen LogP contribution in [-0.2, 0) is 20.8 Å². The zero-order chi connectivity index (χ0) is 33.2. The zero-order valence-electron chi connectivity index (χ0n) is 27.4. The lowest BCUT2D eigenvalue weighted by Crippen LogP contribution is -2.56. The summed E-state index contributed by atoms with van der Waals surface area (Å²) < 4.78 is 0. The Balaban J connectivity index is 2.24. The molecule has 0 heterocycles. The number of rotatable bonds is 19. The van der Waals surface area contributed by atoms with Crippen LogP contribution in [0.5, 0.6) is 0 Å². The number of carbonyl (C=O) groups is 3. The molecule has 0 aromatic heterocycles. The molecule has 3 amide bonds. The minimum Gasteiger partial charge on any atom is -0.390 e. The first-order valence-electron chi connectivity index (χ1n) is 16.3. The first-order valence-corrected chi connectivity index (χ1v) is 16.3. The average molecular weight is 623 g/mol. The van der Waals surface area contributed by atoms with Crippen LogP contribution in [0.1, 0.15) is 76.2 Å². The van der Waals surface area contributed by atoms with Gasteiger partial charge in [0.05, 0.1) is 18.1 Å². The fourth-order valence-corrected chi connectivity index (χ4v) is 5.80. The van der Waals surface area contributed by atoms with Crippen molar-refractivity contribution < 1.29 is 24.6 Å². The molecule has 45 heavy (non-hydrogen) atoms. The maximum absolute atomic E-state index is 13.8. The minimum atomic E-state index is -1.21. The van der Waals surface area contributed by atoms with E-state index in [1.165, 1.54) is 6.42 Å². The van der Waals surface area contributed by atoms with Crippen LogP contribution in [0.15, 0.2) is 30.3 Å². The van der Waals surface area contributed by atoms with Crippen LogP contribution in [0.4, 0.5) is 0 Å². The van der Waals surface area contributed by atoms with Crippen molar-refractivity contribution in [1.82, 2.24) is 20.4 Å². The maximum Gasteiger partial charge on any atom is 0.242 e. The second-order valence-corrected chi connectivity index (χ2v) is 12.7. The summed E-state index contributed by atoms with van der Waals surface area (Å²) in [6.45, 7) is 1.22. The number of hydrogen-bond donors (Lipinski definition) is 4. The van der Waals surface area contributed by atoms with Crippen LogP contribution in [0, 0.1) is 36.5 Å². The normalized spacial score (nSPS) is 16.8. The molecular weight excluding hydrogens is 568 g/mol. The topological polar surface area (TPSA) is 122 Å². The number of amides is 3. The Bertz CT molecular complexity index is 1120. The SMILES string of the molecule is C#CCCC(O)[C@H](O)C(CC1CCCCC1)NC(=O)[C@H](CCC#C)NC(=O)C(CC(=O)N(C)CCN(C)C)Cc1ccccc1. The summed E-state index contributed by atoms with van der Waals surface area (Å²) in [7, 11) is 5.59. The lowest BCUT2D eigenvalue weighted by Gasteiger charge is -2.33. The van der Waals surface area contributed by atoms with E-state index in [0.29, 0.717) is 38.3 Å². The van der Waals surface area contributed by atoms with Gasteiger partial charge >= 0.3 is 0 Å². The Hall–Kier alpha value is -3.37. The first-order chi connectivity index (χ1) is 21.5. The van der Waals surface area contributed by atoms with E-state index >= 15 is 0 Å². The monoisotopic (exact) mass is 622 g/mol. The molecule has 5 atom stereocenters. The predicted molar refractivity (Wildman–Crippen MR) is 178 cm³/mol. The average Bonchev–Trinajstić information content (AvgIpc) is 3.04. The summed E-state index contributed by atoms with van der Waals surface area (Å²) in [4.78, 5) is 44.3. The Kier molecular flexibility index (Phi) is 17.3. The molecule has 1 aliphatic rings. The molecule has 9 heteroatoms. The number of benzene rings is 1. The highest BCUT2D eigenvalue weighted by molar-refractivity contribution is 5.91. The van der Waals surface area contributed by atoms with Gasteiger partial charge in [-0.2, -0.15) is 0 Å². The molecule has 1 saturated carbocycles. The predicted octanol–water partition coefficient (Wildman–Crippen LogP) is 2.74. The first kappa shape index (κ1) is 37.8. The van der Waals surface area contributed by atoms with Crippen molar-refractivity contribution in [2.24, 2.45) is 11.8 Å². The molecule has 0 radical (unpaired) electrons. The van der Waals surface area contributed by atoms with Gasteiger partial charge in [-0.15, -0.1) is 24.7 Å². The van der Waals surface area contributed by atoms with Crippen molar-refractivity contribution in [3.05, 3.63) is 35.9 Å². The Morgan fingerprint density at radius 3 is 2.18 bits per heavy atom. The molecule has 0 spiro atoms. The van der Waals surface area contributed by atoms with Crippen LogP contribution in [0.25, 0.3) is 0 Å². The number of nitrogens with zero attached hydrogens (tertiary/aromatic N) is 2. The molecule has 4 N–H and O–H groups in total. The van der Waals surface area contributed by atoms with E-state index in [9.17, 15) is 24.6 Å². The Morgan fingerprint density at radius 1 is 0.911 bits per heavy atom. The van der Waals surface area contributed by atoms with Crippen LogP contribution in [-0.4, -0.2) is 96.3 Å². The number of hydrogen-bond acceptors (Lipinski definition) is 6. The number of likely N-dealkylation sites (N-methyl/N-ethyl adjacent to an activating group) is 2. The van der Waals surface area contributed by atoms with Crippen molar-refractivity contribution in [3.63, 3.8) is 0 Å². The van der Waals surface area contributed by atoms with Crippen molar-refractivity contribution in [3.8, 4) is 24.7 Å². The van der Waals surface area contributed by atoms with Crippen LogP contribution in [0.3, 0.4) is 0 Å². The third-order valence-electron chi connectivity index (χ3n) is 8.67. The fraction of sp³-hybridized carbons (Fsp3) is 0.639. The van der Waals surface area contributed by atoms with Crippen LogP contribution in [0.2, 0.25) is 0 Å². The molecule has 9 nitrogen and oxygen atoms in total. The molecule has 0 bridgehead atoms. The number of carbonyl (C=O) groups excluding carboxylic acids is 3. The van der Waals surface area contributed by atoms with Crippen molar-refractivity contribution in [2.75, 3.05) is 34.2 Å². The second kappa shape index (κ2) is 20.6. The van der Waals surface area contributed by atoms with Crippen molar-refractivity contribution in [2.45, 2.75) is 101 Å². The highest BCUT2D eigenvalue weighted by Gasteiger charge is 2.34. The largest absolute Gasteiger partial charge is 0.390 e. The van der Waals surface area contributed by atoms with Gasteiger partial charge in [-0.3, -0.25) is 14.4 Å². The van der Waals surface area contributed by atoms with E-state index in [2.05, 4.69) is 22.5 Å². The molecule has 1 aromatic carbocycles. The number of aliphatic hydroxyl groups excluding tert-OH is 2. The third-order valence-corrected chi connectivity index (χ3v) is 8.67. The molecular formula is C36H54N4O5. The smallest absolute Gasteiger partial charge is 0.242 e. The van der Waals surface area contributed by atoms with Crippen molar-refractivity contribution >= 4 is 17.7 Å². The molecule has 0 aliphatic heterocycles. The van der Waals surface area contributed by atoms with Gasteiger partial charge in [-0.25, -0.2) is 0 Å². The zero-order valence-corrected chi connectivity index (χ0v) is 27.4. The van der Waals surface area contributed by atoms with E-state index < -0.39 is 42.0 Å². The summed E-state index contributed by atoms with van der Waals surface area (Å²) in [5, 5.41) is 27.6. The number of aliphatic hydroxyl groups is 2. The molecule has 0 saturated heterocycles. The highest BCUT2D eigenvalue weighted by atomic mass is 16.3. The fourth-order valence-electron chi connectivity index (χ4n) is 5.80.